The molecule has 0 unspecified atom stereocenters. The lowest BCUT2D eigenvalue weighted by atomic mass is 9.94. The minimum atomic E-state index is -0.778. The van der Waals surface area contributed by atoms with Crippen molar-refractivity contribution < 1.29 is 15.0 Å². The van der Waals surface area contributed by atoms with E-state index in [0.29, 0.717) is 22.9 Å². The zero-order chi connectivity index (χ0) is 11.2. The Hall–Kier alpha value is -1.03. The number of aryl methyl sites for hydroxylation is 1. The fraction of sp³-hybridized carbons (Fsp3) is 0.364. The van der Waals surface area contributed by atoms with Crippen LogP contribution >= 0.6 is 15.9 Å². The Balaban J connectivity index is 2.51. The van der Waals surface area contributed by atoms with Crippen molar-refractivity contribution in [3.8, 4) is 5.75 Å². The second-order valence-electron chi connectivity index (χ2n) is 4.01. The second-order valence-corrected chi connectivity index (χ2v) is 4.87. The van der Waals surface area contributed by atoms with E-state index in [0.717, 1.165) is 5.56 Å². The Morgan fingerprint density at radius 1 is 1.47 bits per heavy atom. The standard InChI is InChI=1S/C11H11BrO3/c1-6-4-7(5-8(12)9(6)13)11(2-3-11)10(14)15/h4-5,13H,2-3H2,1H3,(H,14,15). The summed E-state index contributed by atoms with van der Waals surface area (Å²) in [5.41, 5.74) is 0.769. The van der Waals surface area contributed by atoms with E-state index in [9.17, 15) is 9.90 Å². The van der Waals surface area contributed by atoms with E-state index in [-0.39, 0.29) is 5.75 Å². The normalized spacial score (nSPS) is 17.5. The summed E-state index contributed by atoms with van der Waals surface area (Å²) in [7, 11) is 0. The van der Waals surface area contributed by atoms with Gasteiger partial charge in [0.1, 0.15) is 5.75 Å². The van der Waals surface area contributed by atoms with Gasteiger partial charge in [-0.05, 0) is 52.9 Å². The molecule has 0 amide bonds. The number of phenolic OH excluding ortho intramolecular Hbond substituents is 1. The van der Waals surface area contributed by atoms with Crippen LogP contribution in [0.25, 0.3) is 0 Å². The van der Waals surface area contributed by atoms with Crippen LogP contribution in [0.15, 0.2) is 16.6 Å². The maximum Gasteiger partial charge on any atom is 0.314 e. The average molecular weight is 271 g/mol. The van der Waals surface area contributed by atoms with Crippen molar-refractivity contribution in [2.24, 2.45) is 0 Å². The number of carboxylic acids is 1. The third kappa shape index (κ3) is 1.53. The number of rotatable bonds is 2. The highest BCUT2D eigenvalue weighted by atomic mass is 79.9. The van der Waals surface area contributed by atoms with Crippen LogP contribution in [0.4, 0.5) is 0 Å². The summed E-state index contributed by atoms with van der Waals surface area (Å²) in [4.78, 5) is 11.1. The van der Waals surface area contributed by atoms with Gasteiger partial charge in [-0.3, -0.25) is 4.79 Å². The molecule has 0 radical (unpaired) electrons. The van der Waals surface area contributed by atoms with Crippen molar-refractivity contribution in [1.29, 1.82) is 0 Å². The molecule has 0 spiro atoms. The first kappa shape index (κ1) is 10.5. The van der Waals surface area contributed by atoms with Crippen LogP contribution in [0, 0.1) is 6.92 Å². The predicted octanol–water partition coefficient (Wildman–Crippen LogP) is 2.58. The van der Waals surface area contributed by atoms with Crippen LogP contribution < -0.4 is 0 Å². The minimum Gasteiger partial charge on any atom is -0.506 e. The van der Waals surface area contributed by atoms with Crippen molar-refractivity contribution in [3.63, 3.8) is 0 Å². The van der Waals surface area contributed by atoms with Crippen molar-refractivity contribution in [2.45, 2.75) is 25.2 Å². The van der Waals surface area contributed by atoms with Gasteiger partial charge in [0.05, 0.1) is 9.89 Å². The van der Waals surface area contributed by atoms with Gasteiger partial charge < -0.3 is 10.2 Å². The molecule has 0 bridgehead atoms. The summed E-state index contributed by atoms with van der Waals surface area (Å²) < 4.78 is 0.560. The van der Waals surface area contributed by atoms with E-state index in [1.54, 1.807) is 19.1 Å². The molecule has 1 fully saturated rings. The molecular weight excluding hydrogens is 260 g/mol. The first-order chi connectivity index (χ1) is 6.97. The maximum absolute atomic E-state index is 11.1. The molecule has 15 heavy (non-hydrogen) atoms. The highest BCUT2D eigenvalue weighted by Crippen LogP contribution is 2.50. The molecule has 1 aliphatic rings. The molecule has 2 N–H and O–H groups in total. The van der Waals surface area contributed by atoms with Gasteiger partial charge in [0.15, 0.2) is 0 Å². The number of aliphatic carboxylic acids is 1. The van der Waals surface area contributed by atoms with E-state index in [2.05, 4.69) is 15.9 Å². The molecule has 1 aromatic carbocycles. The van der Waals surface area contributed by atoms with Gasteiger partial charge in [0.2, 0.25) is 0 Å². The molecule has 4 heteroatoms. The zero-order valence-corrected chi connectivity index (χ0v) is 9.84. The summed E-state index contributed by atoms with van der Waals surface area (Å²) >= 11 is 3.22. The van der Waals surface area contributed by atoms with Gasteiger partial charge in [-0.15, -0.1) is 0 Å². The van der Waals surface area contributed by atoms with Crippen molar-refractivity contribution >= 4 is 21.9 Å². The van der Waals surface area contributed by atoms with Crippen LogP contribution in [0.2, 0.25) is 0 Å². The maximum atomic E-state index is 11.1. The average Bonchev–Trinajstić information content (AvgIpc) is 2.93. The fourth-order valence-corrected chi connectivity index (χ4v) is 2.32. The lowest BCUT2D eigenvalue weighted by molar-refractivity contribution is -0.140. The Bertz CT molecular complexity index is 412. The van der Waals surface area contributed by atoms with Gasteiger partial charge in [-0.1, -0.05) is 6.07 Å². The van der Waals surface area contributed by atoms with Crippen molar-refractivity contribution in [2.75, 3.05) is 0 Å². The topological polar surface area (TPSA) is 57.5 Å². The molecular formula is C11H11BrO3. The summed E-state index contributed by atoms with van der Waals surface area (Å²) in [6, 6.07) is 3.45. The molecule has 1 aromatic rings. The monoisotopic (exact) mass is 270 g/mol. The minimum absolute atomic E-state index is 0.180. The molecule has 1 saturated carbocycles. The Morgan fingerprint density at radius 3 is 2.47 bits per heavy atom. The highest BCUT2D eigenvalue weighted by Gasteiger charge is 2.51. The number of halogens is 1. The molecule has 0 aliphatic heterocycles. The molecule has 0 atom stereocenters. The number of carboxylic acid groups (broad SMARTS) is 1. The second kappa shape index (κ2) is 3.23. The predicted molar refractivity (Wildman–Crippen MR) is 59.1 cm³/mol. The van der Waals surface area contributed by atoms with Crippen molar-refractivity contribution in [3.05, 3.63) is 27.7 Å². The lowest BCUT2D eigenvalue weighted by Crippen LogP contribution is -2.19. The molecule has 80 valence electrons. The van der Waals surface area contributed by atoms with Crippen LogP contribution in [-0.2, 0) is 10.2 Å². The fourth-order valence-electron chi connectivity index (χ4n) is 1.76. The van der Waals surface area contributed by atoms with E-state index < -0.39 is 11.4 Å². The van der Waals surface area contributed by atoms with Crippen molar-refractivity contribution in [1.82, 2.24) is 0 Å². The third-order valence-electron chi connectivity index (χ3n) is 2.97. The smallest absolute Gasteiger partial charge is 0.314 e. The number of benzene rings is 1. The number of hydrogen-bond acceptors (Lipinski definition) is 2. The van der Waals surface area contributed by atoms with Crippen LogP contribution in [0.5, 0.6) is 5.75 Å². The Morgan fingerprint density at radius 2 is 2.07 bits per heavy atom. The quantitative estimate of drug-likeness (QED) is 0.869. The van der Waals surface area contributed by atoms with Crippen LogP contribution in [0.1, 0.15) is 24.0 Å². The first-order valence-corrected chi connectivity index (χ1v) is 5.50. The number of hydrogen-bond donors (Lipinski definition) is 2. The summed E-state index contributed by atoms with van der Waals surface area (Å²) in [6.45, 7) is 1.77. The van der Waals surface area contributed by atoms with Gasteiger partial charge in [-0.2, -0.15) is 0 Å². The van der Waals surface area contributed by atoms with E-state index in [1.807, 2.05) is 0 Å². The van der Waals surface area contributed by atoms with Gasteiger partial charge in [0.25, 0.3) is 0 Å². The molecule has 1 aliphatic carbocycles. The zero-order valence-electron chi connectivity index (χ0n) is 8.25. The van der Waals surface area contributed by atoms with Crippen LogP contribution in [0.3, 0.4) is 0 Å². The Labute approximate surface area is 95.9 Å². The van der Waals surface area contributed by atoms with Crippen LogP contribution in [-0.4, -0.2) is 16.2 Å². The molecule has 0 saturated heterocycles. The molecule has 0 heterocycles. The Kier molecular flexibility index (Phi) is 2.26. The largest absolute Gasteiger partial charge is 0.506 e. The first-order valence-electron chi connectivity index (χ1n) is 4.70. The number of aromatic hydroxyl groups is 1. The summed E-state index contributed by atoms with van der Waals surface area (Å²) in [6.07, 6.45) is 1.36. The number of phenols is 1. The summed E-state index contributed by atoms with van der Waals surface area (Å²) in [5, 5.41) is 18.7. The number of carbonyl (C=O) groups is 1. The highest BCUT2D eigenvalue weighted by molar-refractivity contribution is 9.10. The summed E-state index contributed by atoms with van der Waals surface area (Å²) in [5.74, 6) is -0.598. The third-order valence-corrected chi connectivity index (χ3v) is 3.57. The molecule has 3 nitrogen and oxygen atoms in total. The molecule has 2 rings (SSSR count). The lowest BCUT2D eigenvalue weighted by Gasteiger charge is -2.12. The molecule has 0 aromatic heterocycles. The van der Waals surface area contributed by atoms with E-state index in [1.165, 1.54) is 0 Å². The van der Waals surface area contributed by atoms with Gasteiger partial charge in [-0.25, -0.2) is 0 Å². The van der Waals surface area contributed by atoms with E-state index >= 15 is 0 Å². The van der Waals surface area contributed by atoms with E-state index in [4.69, 9.17) is 5.11 Å². The van der Waals surface area contributed by atoms with Gasteiger partial charge in [0, 0.05) is 0 Å². The SMILES string of the molecule is Cc1cc(C2(C(=O)O)CC2)cc(Br)c1O. The van der Waals surface area contributed by atoms with Gasteiger partial charge >= 0.3 is 5.97 Å².